The third kappa shape index (κ3) is 5.96. The second-order valence-corrected chi connectivity index (χ2v) is 8.42. The molecule has 2 N–H and O–H groups in total. The molecule has 0 radical (unpaired) electrons. The highest BCUT2D eigenvalue weighted by molar-refractivity contribution is 5.32. The molecule has 0 bridgehead atoms. The van der Waals surface area contributed by atoms with Crippen molar-refractivity contribution < 1.29 is 14.6 Å². The van der Waals surface area contributed by atoms with E-state index in [4.69, 9.17) is 9.47 Å². The summed E-state index contributed by atoms with van der Waals surface area (Å²) in [6, 6.07) is 8.87. The van der Waals surface area contributed by atoms with Crippen molar-refractivity contribution in [3.8, 4) is 5.75 Å². The van der Waals surface area contributed by atoms with Gasteiger partial charge in [0.1, 0.15) is 18.1 Å². The van der Waals surface area contributed by atoms with Gasteiger partial charge in [0.05, 0.1) is 31.6 Å². The Morgan fingerprint density at radius 1 is 1.27 bits per heavy atom. The van der Waals surface area contributed by atoms with Gasteiger partial charge in [-0.3, -0.25) is 14.3 Å². The molecule has 0 saturated heterocycles. The van der Waals surface area contributed by atoms with Gasteiger partial charge in [-0.25, -0.2) is 9.48 Å². The van der Waals surface area contributed by atoms with Gasteiger partial charge in [0.15, 0.2) is 0 Å². The molecule has 2 aromatic heterocycles. The molecule has 33 heavy (non-hydrogen) atoms. The predicted molar refractivity (Wildman–Crippen MR) is 120 cm³/mol. The smallest absolute Gasteiger partial charge is 0.330 e. The Labute approximate surface area is 190 Å². The number of hydrogen-bond donors (Lipinski definition) is 2. The van der Waals surface area contributed by atoms with Gasteiger partial charge in [0, 0.05) is 18.7 Å². The number of aliphatic hydroxyl groups is 1. The van der Waals surface area contributed by atoms with Crippen molar-refractivity contribution in [2.75, 3.05) is 13.2 Å². The first-order valence-corrected chi connectivity index (χ1v) is 11.2. The Morgan fingerprint density at radius 2 is 2.12 bits per heavy atom. The van der Waals surface area contributed by atoms with Crippen LogP contribution in [-0.4, -0.2) is 42.9 Å². The van der Waals surface area contributed by atoms with Crippen LogP contribution in [0.3, 0.4) is 0 Å². The number of aromatic nitrogens is 5. The molecule has 0 spiro atoms. The molecular weight excluding hydrogens is 426 g/mol. The van der Waals surface area contributed by atoms with Crippen LogP contribution >= 0.6 is 0 Å². The van der Waals surface area contributed by atoms with Crippen LogP contribution < -0.4 is 16.0 Å². The summed E-state index contributed by atoms with van der Waals surface area (Å²) in [5, 5.41) is 19.6. The maximum Gasteiger partial charge on any atom is 0.330 e. The zero-order chi connectivity index (χ0) is 23.3. The number of H-pyrrole nitrogens is 1. The molecule has 1 aliphatic carbocycles. The van der Waals surface area contributed by atoms with Gasteiger partial charge < -0.3 is 14.6 Å². The lowest BCUT2D eigenvalue weighted by Crippen LogP contribution is -2.32. The fraction of sp³-hybridized carbons (Fsp3) is 0.478. The van der Waals surface area contributed by atoms with Gasteiger partial charge in [-0.05, 0) is 42.9 Å². The Bertz CT molecular complexity index is 1180. The van der Waals surface area contributed by atoms with Crippen LogP contribution in [0.25, 0.3) is 0 Å². The zero-order valence-electron chi connectivity index (χ0n) is 18.6. The van der Waals surface area contributed by atoms with Gasteiger partial charge in [0.25, 0.3) is 5.56 Å². The second kappa shape index (κ2) is 10.1. The zero-order valence-corrected chi connectivity index (χ0v) is 18.6. The van der Waals surface area contributed by atoms with Gasteiger partial charge in [-0.15, -0.1) is 5.10 Å². The molecule has 0 amide bonds. The molecule has 1 aliphatic rings. The Morgan fingerprint density at radius 3 is 2.88 bits per heavy atom. The molecule has 1 unspecified atom stereocenters. The van der Waals surface area contributed by atoms with Gasteiger partial charge >= 0.3 is 5.69 Å². The lowest BCUT2D eigenvalue weighted by atomic mass is 9.91. The minimum absolute atomic E-state index is 0.0176. The summed E-state index contributed by atoms with van der Waals surface area (Å²) in [5.41, 5.74) is -0.531. The van der Waals surface area contributed by atoms with Crippen LogP contribution in [0.2, 0.25) is 0 Å². The van der Waals surface area contributed by atoms with E-state index in [1.54, 1.807) is 10.9 Å². The van der Waals surface area contributed by atoms with Crippen LogP contribution in [0.1, 0.15) is 37.4 Å². The van der Waals surface area contributed by atoms with E-state index in [-0.39, 0.29) is 13.3 Å². The van der Waals surface area contributed by atoms with E-state index in [1.165, 1.54) is 29.7 Å². The van der Waals surface area contributed by atoms with E-state index in [0.717, 1.165) is 17.0 Å². The lowest BCUT2D eigenvalue weighted by Gasteiger charge is -2.28. The molecule has 10 nitrogen and oxygen atoms in total. The number of benzene rings is 1. The van der Waals surface area contributed by atoms with Crippen LogP contribution in [0.15, 0.2) is 52.3 Å². The monoisotopic (exact) mass is 455 g/mol. The van der Waals surface area contributed by atoms with Crippen molar-refractivity contribution in [1.82, 2.24) is 24.5 Å². The lowest BCUT2D eigenvalue weighted by molar-refractivity contribution is 0.00886. The highest BCUT2D eigenvalue weighted by Gasteiger charge is 2.30. The van der Waals surface area contributed by atoms with Crippen molar-refractivity contribution in [2.45, 2.75) is 51.5 Å². The minimum Gasteiger partial charge on any atom is -0.493 e. The SMILES string of the molecule is CCC(O)(Cn1nncc1CCOCn1ccc(=O)[nH]c1=O)c1cccc(OCC2CC2)c1. The van der Waals surface area contributed by atoms with E-state index < -0.39 is 16.9 Å². The fourth-order valence-electron chi connectivity index (χ4n) is 3.52. The first kappa shape index (κ1) is 22.9. The second-order valence-electron chi connectivity index (χ2n) is 8.42. The third-order valence-electron chi connectivity index (χ3n) is 5.88. The van der Waals surface area contributed by atoms with E-state index in [2.05, 4.69) is 15.3 Å². The minimum atomic E-state index is -1.13. The van der Waals surface area contributed by atoms with Gasteiger partial charge in [-0.1, -0.05) is 24.3 Å². The molecular formula is C23H29N5O5. The quantitative estimate of drug-likeness (QED) is 0.396. The number of hydrogen-bond acceptors (Lipinski definition) is 7. The summed E-state index contributed by atoms with van der Waals surface area (Å²) in [6.07, 6.45) is 6.45. The number of ether oxygens (including phenoxy) is 2. The average Bonchev–Trinajstić information content (AvgIpc) is 3.55. The Hall–Kier alpha value is -3.24. The van der Waals surface area contributed by atoms with Crippen molar-refractivity contribution in [1.29, 1.82) is 0 Å². The molecule has 3 aromatic rings. The molecule has 0 aliphatic heterocycles. The van der Waals surface area contributed by atoms with E-state index in [1.807, 2.05) is 31.2 Å². The molecule has 1 fully saturated rings. The van der Waals surface area contributed by atoms with E-state index in [0.29, 0.717) is 32.0 Å². The molecule has 1 atom stereocenters. The molecule has 4 rings (SSSR count). The van der Waals surface area contributed by atoms with Crippen molar-refractivity contribution >= 4 is 0 Å². The Balaban J connectivity index is 1.37. The number of rotatable bonds is 12. The highest BCUT2D eigenvalue weighted by Crippen LogP contribution is 2.32. The maximum atomic E-state index is 11.7. The number of nitrogens with one attached hydrogen (secondary N) is 1. The summed E-state index contributed by atoms with van der Waals surface area (Å²) < 4.78 is 14.4. The van der Waals surface area contributed by atoms with E-state index in [9.17, 15) is 14.7 Å². The molecule has 2 heterocycles. The molecule has 1 aromatic carbocycles. The largest absolute Gasteiger partial charge is 0.493 e. The van der Waals surface area contributed by atoms with Gasteiger partial charge in [-0.2, -0.15) is 0 Å². The number of aromatic amines is 1. The maximum absolute atomic E-state index is 11.7. The van der Waals surface area contributed by atoms with Gasteiger partial charge in [0.2, 0.25) is 0 Å². The third-order valence-corrected chi connectivity index (χ3v) is 5.88. The average molecular weight is 456 g/mol. The van der Waals surface area contributed by atoms with Crippen molar-refractivity contribution in [3.05, 3.63) is 74.8 Å². The summed E-state index contributed by atoms with van der Waals surface area (Å²) in [5.74, 6) is 1.41. The molecule has 176 valence electrons. The van der Waals surface area contributed by atoms with Crippen molar-refractivity contribution in [2.24, 2.45) is 5.92 Å². The summed E-state index contributed by atoms with van der Waals surface area (Å²) >= 11 is 0. The Kier molecular flexibility index (Phi) is 7.05. The van der Waals surface area contributed by atoms with Crippen LogP contribution in [0, 0.1) is 5.92 Å². The van der Waals surface area contributed by atoms with Crippen LogP contribution in [0.5, 0.6) is 5.75 Å². The van der Waals surface area contributed by atoms with Crippen molar-refractivity contribution in [3.63, 3.8) is 0 Å². The normalized spacial score (nSPS) is 15.3. The predicted octanol–water partition coefficient (Wildman–Crippen LogP) is 1.43. The fourth-order valence-corrected chi connectivity index (χ4v) is 3.52. The first-order chi connectivity index (χ1) is 16.0. The highest BCUT2D eigenvalue weighted by atomic mass is 16.5. The first-order valence-electron chi connectivity index (χ1n) is 11.2. The summed E-state index contributed by atoms with van der Waals surface area (Å²) in [4.78, 5) is 25.0. The van der Waals surface area contributed by atoms with Crippen LogP contribution in [0.4, 0.5) is 0 Å². The molecule has 10 heteroatoms. The van der Waals surface area contributed by atoms with Crippen LogP contribution in [-0.2, 0) is 30.0 Å². The topological polar surface area (TPSA) is 124 Å². The molecule has 1 saturated carbocycles. The summed E-state index contributed by atoms with van der Waals surface area (Å²) in [7, 11) is 0. The van der Waals surface area contributed by atoms with E-state index >= 15 is 0 Å². The number of nitrogens with zero attached hydrogens (tertiary/aromatic N) is 4. The summed E-state index contributed by atoms with van der Waals surface area (Å²) in [6.45, 7) is 3.22. The standard InChI is InChI=1S/C23H29N5O5/c1-2-23(31,18-4-3-5-20(12-18)33-14-17-6-7-17)15-28-19(13-24-26-28)9-11-32-16-27-10-8-21(29)25-22(27)30/h3-5,8,10,12-13,17,31H,2,6-7,9,11,14-16H2,1H3,(H,25,29,30).